The van der Waals surface area contributed by atoms with Crippen LogP contribution < -0.4 is 0 Å². The molecule has 1 aromatic rings. The molecule has 0 aliphatic carbocycles. The minimum absolute atomic E-state index is 0.0913. The molecule has 1 aliphatic heterocycles. The van der Waals surface area contributed by atoms with Crippen LogP contribution in [0.2, 0.25) is 0 Å². The van der Waals surface area contributed by atoms with E-state index in [1.54, 1.807) is 39.0 Å². The van der Waals surface area contributed by atoms with Gasteiger partial charge in [0.25, 0.3) is 5.91 Å². The summed E-state index contributed by atoms with van der Waals surface area (Å²) in [4.78, 5) is 26.2. The van der Waals surface area contributed by atoms with Gasteiger partial charge in [-0.25, -0.2) is 9.69 Å². The zero-order valence-electron chi connectivity index (χ0n) is 12.9. The third-order valence-electron chi connectivity index (χ3n) is 3.54. The second kappa shape index (κ2) is 5.35. The second-order valence-electron chi connectivity index (χ2n) is 6.24. The third kappa shape index (κ3) is 2.84. The standard InChI is InChI=1S/C17H21NO3/c1-6-12-11(2)18(16(20)21-17(3,4)5)15(19)14-10-8-7-9-13(12)14/h6-12H,1H2,2-5H3/t11-,12-/m0/s1. The highest BCUT2D eigenvalue weighted by atomic mass is 16.6. The number of imide groups is 1. The van der Waals surface area contributed by atoms with Crippen molar-refractivity contribution in [3.63, 3.8) is 0 Å². The van der Waals surface area contributed by atoms with E-state index in [2.05, 4.69) is 6.58 Å². The molecule has 1 aromatic carbocycles. The lowest BCUT2D eigenvalue weighted by atomic mass is 9.84. The average molecular weight is 287 g/mol. The average Bonchev–Trinajstić information content (AvgIpc) is 2.37. The van der Waals surface area contributed by atoms with Crippen molar-refractivity contribution in [2.75, 3.05) is 0 Å². The summed E-state index contributed by atoms with van der Waals surface area (Å²) >= 11 is 0. The fourth-order valence-corrected chi connectivity index (χ4v) is 2.60. The SMILES string of the molecule is C=C[C@@H]1c2ccccc2C(=O)N(C(=O)OC(C)(C)C)[C@H]1C. The van der Waals surface area contributed by atoms with Crippen molar-refractivity contribution in [2.24, 2.45) is 0 Å². The summed E-state index contributed by atoms with van der Waals surface area (Å²) in [6.07, 6.45) is 1.16. The maximum absolute atomic E-state index is 12.6. The molecule has 2 atom stereocenters. The summed E-state index contributed by atoms with van der Waals surface area (Å²) in [5, 5.41) is 0. The summed E-state index contributed by atoms with van der Waals surface area (Å²) in [5.74, 6) is -0.406. The molecule has 112 valence electrons. The van der Waals surface area contributed by atoms with Crippen molar-refractivity contribution in [3.05, 3.63) is 48.0 Å². The van der Waals surface area contributed by atoms with E-state index in [-0.39, 0.29) is 17.9 Å². The van der Waals surface area contributed by atoms with Gasteiger partial charge in [-0.2, -0.15) is 0 Å². The van der Waals surface area contributed by atoms with Gasteiger partial charge >= 0.3 is 6.09 Å². The third-order valence-corrected chi connectivity index (χ3v) is 3.54. The lowest BCUT2D eigenvalue weighted by Crippen LogP contribution is -2.51. The molecular formula is C17H21NO3. The van der Waals surface area contributed by atoms with Crippen molar-refractivity contribution in [1.29, 1.82) is 0 Å². The number of hydrogen-bond acceptors (Lipinski definition) is 3. The highest BCUT2D eigenvalue weighted by Gasteiger charge is 2.41. The largest absolute Gasteiger partial charge is 0.443 e. The number of benzene rings is 1. The Balaban J connectivity index is 2.43. The van der Waals surface area contributed by atoms with Gasteiger partial charge < -0.3 is 4.74 Å². The van der Waals surface area contributed by atoms with Crippen molar-refractivity contribution >= 4 is 12.0 Å². The number of carbonyl (C=O) groups excluding carboxylic acids is 2. The Morgan fingerprint density at radius 3 is 2.52 bits per heavy atom. The first-order valence-corrected chi connectivity index (χ1v) is 7.04. The maximum Gasteiger partial charge on any atom is 0.417 e. The Kier molecular flexibility index (Phi) is 3.90. The smallest absolute Gasteiger partial charge is 0.417 e. The number of amides is 2. The quantitative estimate of drug-likeness (QED) is 0.739. The number of rotatable bonds is 1. The molecule has 4 heteroatoms. The zero-order valence-corrected chi connectivity index (χ0v) is 12.9. The normalized spacial score (nSPS) is 21.7. The number of nitrogens with zero attached hydrogens (tertiary/aromatic N) is 1. The van der Waals surface area contributed by atoms with E-state index in [1.165, 1.54) is 4.90 Å². The highest BCUT2D eigenvalue weighted by molar-refractivity contribution is 6.05. The van der Waals surface area contributed by atoms with E-state index in [1.807, 2.05) is 19.1 Å². The molecule has 0 unspecified atom stereocenters. The summed E-state index contributed by atoms with van der Waals surface area (Å²) < 4.78 is 5.36. The van der Waals surface area contributed by atoms with Crippen molar-refractivity contribution < 1.29 is 14.3 Å². The van der Waals surface area contributed by atoms with Crippen LogP contribution in [0.3, 0.4) is 0 Å². The predicted octanol–water partition coefficient (Wildman–Crippen LogP) is 3.74. The van der Waals surface area contributed by atoms with Crippen LogP contribution in [0.25, 0.3) is 0 Å². The van der Waals surface area contributed by atoms with E-state index < -0.39 is 11.7 Å². The minimum atomic E-state index is -0.641. The van der Waals surface area contributed by atoms with Gasteiger partial charge in [-0.3, -0.25) is 4.79 Å². The topological polar surface area (TPSA) is 46.6 Å². The first-order chi connectivity index (χ1) is 9.76. The van der Waals surface area contributed by atoms with Crippen molar-refractivity contribution in [1.82, 2.24) is 4.90 Å². The molecule has 0 aromatic heterocycles. The molecule has 4 nitrogen and oxygen atoms in total. The second-order valence-corrected chi connectivity index (χ2v) is 6.24. The Morgan fingerprint density at radius 2 is 1.95 bits per heavy atom. The number of hydrogen-bond donors (Lipinski definition) is 0. The molecule has 0 fully saturated rings. The van der Waals surface area contributed by atoms with Crippen LogP contribution in [0, 0.1) is 0 Å². The van der Waals surface area contributed by atoms with E-state index in [9.17, 15) is 9.59 Å². The summed E-state index contributed by atoms with van der Waals surface area (Å²) in [7, 11) is 0. The van der Waals surface area contributed by atoms with E-state index in [0.717, 1.165) is 5.56 Å². The Morgan fingerprint density at radius 1 is 1.33 bits per heavy atom. The Hall–Kier alpha value is -2.10. The van der Waals surface area contributed by atoms with Gasteiger partial charge in [0.05, 0.1) is 6.04 Å². The maximum atomic E-state index is 12.6. The van der Waals surface area contributed by atoms with Gasteiger partial charge in [0.15, 0.2) is 0 Å². The minimum Gasteiger partial charge on any atom is -0.443 e. The molecule has 1 heterocycles. The molecule has 2 amide bonds. The van der Waals surface area contributed by atoms with Crippen LogP contribution >= 0.6 is 0 Å². The predicted molar refractivity (Wildman–Crippen MR) is 81.2 cm³/mol. The van der Waals surface area contributed by atoms with Gasteiger partial charge in [-0.15, -0.1) is 6.58 Å². The molecule has 0 saturated heterocycles. The van der Waals surface area contributed by atoms with Crippen LogP contribution in [0.1, 0.15) is 49.5 Å². The van der Waals surface area contributed by atoms with Crippen LogP contribution in [0.4, 0.5) is 4.79 Å². The molecule has 0 bridgehead atoms. The number of carbonyl (C=O) groups is 2. The van der Waals surface area contributed by atoms with Crippen LogP contribution in [0.15, 0.2) is 36.9 Å². The molecule has 2 rings (SSSR count). The van der Waals surface area contributed by atoms with Gasteiger partial charge in [-0.1, -0.05) is 24.3 Å². The number of ether oxygens (including phenoxy) is 1. The van der Waals surface area contributed by atoms with Gasteiger partial charge in [0, 0.05) is 11.5 Å². The molecule has 0 N–H and O–H groups in total. The molecule has 1 aliphatic rings. The zero-order chi connectivity index (χ0) is 15.8. The first kappa shape index (κ1) is 15.3. The molecule has 21 heavy (non-hydrogen) atoms. The fourth-order valence-electron chi connectivity index (χ4n) is 2.60. The molecular weight excluding hydrogens is 266 g/mol. The molecule has 0 spiro atoms. The summed E-state index contributed by atoms with van der Waals surface area (Å²) in [5.41, 5.74) is 0.800. The Bertz CT molecular complexity index is 586. The lowest BCUT2D eigenvalue weighted by molar-refractivity contribution is 0.0152. The van der Waals surface area contributed by atoms with Gasteiger partial charge in [0.1, 0.15) is 5.60 Å². The van der Waals surface area contributed by atoms with E-state index in [0.29, 0.717) is 5.56 Å². The molecule has 0 radical (unpaired) electrons. The fraction of sp³-hybridized carbons (Fsp3) is 0.412. The number of fused-ring (bicyclic) bond motifs is 1. The van der Waals surface area contributed by atoms with Crippen molar-refractivity contribution in [2.45, 2.75) is 45.3 Å². The monoisotopic (exact) mass is 287 g/mol. The summed E-state index contributed by atoms with van der Waals surface area (Å²) in [6.45, 7) is 11.0. The van der Waals surface area contributed by atoms with Crippen LogP contribution in [0.5, 0.6) is 0 Å². The van der Waals surface area contributed by atoms with Crippen LogP contribution in [-0.4, -0.2) is 28.5 Å². The highest BCUT2D eigenvalue weighted by Crippen LogP contribution is 2.34. The van der Waals surface area contributed by atoms with Crippen LogP contribution in [-0.2, 0) is 4.74 Å². The van der Waals surface area contributed by atoms with Crippen molar-refractivity contribution in [3.8, 4) is 0 Å². The van der Waals surface area contributed by atoms with E-state index >= 15 is 0 Å². The lowest BCUT2D eigenvalue weighted by Gasteiger charge is -2.38. The summed E-state index contributed by atoms with van der Waals surface area (Å²) in [6, 6.07) is 7.00. The van der Waals surface area contributed by atoms with E-state index in [4.69, 9.17) is 4.74 Å². The van der Waals surface area contributed by atoms with Gasteiger partial charge in [0.2, 0.25) is 0 Å². The Labute approximate surface area is 125 Å². The van der Waals surface area contributed by atoms with Gasteiger partial charge in [-0.05, 0) is 39.3 Å². The first-order valence-electron chi connectivity index (χ1n) is 7.04. The molecule has 0 saturated carbocycles.